The molecule has 3 amide bonds. The predicted molar refractivity (Wildman–Crippen MR) is 285 cm³/mol. The minimum atomic E-state index is -4.84. The molecule has 1 saturated heterocycles. The van der Waals surface area contributed by atoms with E-state index in [4.69, 9.17) is 58.3 Å². The summed E-state index contributed by atoms with van der Waals surface area (Å²) in [5, 5.41) is 2.90. The molecule has 0 radical (unpaired) electrons. The molecule has 7 rings (SSSR count). The SMILES string of the molecule is COc1ccc(C(OCc2ccc(OP(=O)(OCCOCCN3C(=O)C=CC3=O)O[C@@H]3C(NC(=O)OC(C)CS(=O)(=O)c4ccc(Cl)cc4)[CH-]O[C@@H]3COC(=O)C(C)(C)C)cc2)(c2ccccc2)c2ccc(OC)cc2)cc1.[U]. The largest absolute Gasteiger partial charge is 0.543 e. The number of hydrogen-bond donors (Lipinski definition) is 1. The number of nitrogens with zero attached hydrogens (tertiary/aromatic N) is 1. The summed E-state index contributed by atoms with van der Waals surface area (Å²) in [5.74, 6) is -0.827. The third-order valence-corrected chi connectivity index (χ3v) is 15.8. The van der Waals surface area contributed by atoms with Crippen LogP contribution in [0.25, 0.3) is 0 Å². The van der Waals surface area contributed by atoms with Gasteiger partial charge in [0.2, 0.25) is 0 Å². The molecule has 23 heteroatoms. The van der Waals surface area contributed by atoms with Crippen molar-refractivity contribution in [3.8, 4) is 17.2 Å². The Morgan fingerprint density at radius 1 is 0.785 bits per heavy atom. The van der Waals surface area contributed by atoms with E-state index in [0.29, 0.717) is 22.1 Å². The molecule has 19 nitrogen and oxygen atoms in total. The molecule has 2 heterocycles. The van der Waals surface area contributed by atoms with Crippen LogP contribution >= 0.6 is 19.4 Å². The predicted octanol–water partition coefficient (Wildman–Crippen LogP) is 8.80. The molecule has 5 aromatic rings. The maximum Gasteiger partial charge on any atom is 0.530 e. The van der Waals surface area contributed by atoms with Gasteiger partial charge in [-0.1, -0.05) is 78.3 Å². The molecule has 0 saturated carbocycles. The van der Waals surface area contributed by atoms with Crippen LogP contribution in [0.2, 0.25) is 5.02 Å². The van der Waals surface area contributed by atoms with Gasteiger partial charge in [-0.05, 0) is 117 Å². The van der Waals surface area contributed by atoms with Gasteiger partial charge in [0.25, 0.3) is 11.8 Å². The van der Waals surface area contributed by atoms with E-state index in [0.717, 1.165) is 40.3 Å². The number of sulfone groups is 1. The fourth-order valence-corrected chi connectivity index (χ4v) is 11.1. The monoisotopic (exact) mass is 1370 g/mol. The Labute approximate surface area is 488 Å². The number of imide groups is 1. The van der Waals surface area contributed by atoms with Crippen LogP contribution in [0.5, 0.6) is 17.2 Å². The maximum absolute atomic E-state index is 15.1. The van der Waals surface area contributed by atoms with E-state index in [9.17, 15) is 27.6 Å². The standard InChI is InChI=1S/C56H61ClN2O17PS.U/c1-38(37-78(65,66)47-26-18-43(57)19-27-47)74-54(63)58-48-35-70-49(36-71-53(62)55(2,3)4)52(48)76-77(64,73-33-32-69-31-30-59-50(60)28-29-51(59)61)75-46-20-12-39(13-21-46)34-72-56(40-10-8-7-9-11-40,41-14-22-44(67-5)23-15-41)42-16-24-45(68-6)25-17-42;/h7-29,35,38,48-49,52H,30-34,36-37H2,1-6H3,(H,58,63);/q-1;/t38?,48?,49-,52-,77?;/m1./s1. The second kappa shape index (κ2) is 28.2. The summed E-state index contributed by atoms with van der Waals surface area (Å²) >= 11 is 5.95. The third-order valence-electron chi connectivity index (χ3n) is 12.2. The van der Waals surface area contributed by atoms with Gasteiger partial charge in [-0.25, -0.2) is 17.8 Å². The minimum absolute atomic E-state index is 0. The van der Waals surface area contributed by atoms with Crippen LogP contribution in [0.15, 0.2) is 144 Å². The van der Waals surface area contributed by atoms with Crippen molar-refractivity contribution in [1.29, 1.82) is 0 Å². The topological polar surface area (TPSA) is 227 Å². The van der Waals surface area contributed by atoms with Crippen molar-refractivity contribution in [2.24, 2.45) is 5.41 Å². The number of phosphoric acid groups is 1. The number of benzene rings is 5. The van der Waals surface area contributed by atoms with Gasteiger partial charge in [-0.2, -0.15) is 6.61 Å². The van der Waals surface area contributed by atoms with Gasteiger partial charge in [0, 0.05) is 48.3 Å². The fraction of sp³-hybridized carbons (Fsp3) is 0.339. The molecule has 0 bridgehead atoms. The van der Waals surface area contributed by atoms with Gasteiger partial charge in [0.15, 0.2) is 9.84 Å². The van der Waals surface area contributed by atoms with Crippen molar-refractivity contribution in [2.75, 3.05) is 52.9 Å². The van der Waals surface area contributed by atoms with E-state index in [2.05, 4.69) is 5.32 Å². The molecule has 0 aromatic heterocycles. The summed E-state index contributed by atoms with van der Waals surface area (Å²) in [5.41, 5.74) is 1.07. The fourth-order valence-electron chi connectivity index (χ4n) is 8.15. The summed E-state index contributed by atoms with van der Waals surface area (Å²) in [4.78, 5) is 51.5. The van der Waals surface area contributed by atoms with Crippen LogP contribution in [0.3, 0.4) is 0 Å². The Hall–Kier alpha value is -5.56. The summed E-state index contributed by atoms with van der Waals surface area (Å²) in [6.45, 7) is 6.32. The van der Waals surface area contributed by atoms with Crippen LogP contribution < -0.4 is 19.3 Å². The number of carbonyl (C=O) groups is 4. The number of rotatable bonds is 26. The molecule has 0 aliphatic carbocycles. The van der Waals surface area contributed by atoms with Crippen LogP contribution in [0, 0.1) is 43.1 Å². The summed E-state index contributed by atoms with van der Waals surface area (Å²) < 4.78 is 100. The number of methoxy groups -OCH3 is 2. The Morgan fingerprint density at radius 2 is 1.35 bits per heavy atom. The second-order valence-electron chi connectivity index (χ2n) is 18.9. The van der Waals surface area contributed by atoms with Crippen molar-refractivity contribution < 1.29 is 110 Å². The van der Waals surface area contributed by atoms with Gasteiger partial charge in [0.05, 0.1) is 75.5 Å². The molecule has 2 aliphatic rings. The first-order valence-electron chi connectivity index (χ1n) is 24.6. The van der Waals surface area contributed by atoms with Crippen molar-refractivity contribution in [3.63, 3.8) is 0 Å². The number of carbonyl (C=O) groups excluding carboxylic acids is 4. The number of halogens is 1. The zero-order valence-corrected chi connectivity index (χ0v) is 50.9. The van der Waals surface area contributed by atoms with E-state index in [1.54, 1.807) is 47.1 Å². The first-order chi connectivity index (χ1) is 37.2. The van der Waals surface area contributed by atoms with E-state index in [1.807, 2.05) is 78.9 Å². The summed E-state index contributed by atoms with van der Waals surface area (Å²) in [7, 11) is -5.58. The van der Waals surface area contributed by atoms with Gasteiger partial charge in [0.1, 0.15) is 35.6 Å². The Kier molecular flexibility index (Phi) is 22.4. The second-order valence-corrected chi connectivity index (χ2v) is 22.9. The third kappa shape index (κ3) is 16.8. The quantitative estimate of drug-likeness (QED) is 0.0136. The normalized spacial score (nSPS) is 17.6. The van der Waals surface area contributed by atoms with E-state index in [-0.39, 0.29) is 68.1 Å². The zero-order chi connectivity index (χ0) is 56.1. The molecule has 0 spiro atoms. The van der Waals surface area contributed by atoms with Crippen molar-refractivity contribution >= 4 is 53.1 Å². The van der Waals surface area contributed by atoms with Crippen LogP contribution in [-0.2, 0) is 73.7 Å². The smallest absolute Gasteiger partial charge is 0.530 e. The molecule has 5 atom stereocenters. The molecule has 420 valence electrons. The van der Waals surface area contributed by atoms with Gasteiger partial charge >= 0.3 is 19.9 Å². The van der Waals surface area contributed by atoms with Crippen LogP contribution in [0.4, 0.5) is 4.79 Å². The molecular formula is C56H61ClN2O17PSU-. The number of phosphoric ester groups is 1. The zero-order valence-electron chi connectivity index (χ0n) is 44.2. The molecule has 2 aliphatic heterocycles. The average molecular weight is 1370 g/mol. The summed E-state index contributed by atoms with van der Waals surface area (Å²) in [6.07, 6.45) is -2.64. The number of hydrogen-bond acceptors (Lipinski definition) is 17. The molecular weight excluding hydrogens is 1310 g/mol. The van der Waals surface area contributed by atoms with Crippen LogP contribution in [0.1, 0.15) is 49.9 Å². The maximum atomic E-state index is 15.1. The number of amides is 3. The number of nitrogens with one attached hydrogen (secondary N) is 1. The van der Waals surface area contributed by atoms with Crippen molar-refractivity contribution in [2.45, 2.75) is 69.2 Å². The Balaban J connectivity index is 0.0000101. The van der Waals surface area contributed by atoms with Crippen LogP contribution in [-0.4, -0.2) is 114 Å². The number of ether oxygens (including phenoxy) is 7. The summed E-state index contributed by atoms with van der Waals surface area (Å²) in [6, 6.07) is 35.6. The van der Waals surface area contributed by atoms with E-state index >= 15 is 4.57 Å². The van der Waals surface area contributed by atoms with Gasteiger partial charge < -0.3 is 43.0 Å². The minimum Gasteiger partial charge on any atom is -0.543 e. The first kappa shape index (κ1) is 62.6. The van der Waals surface area contributed by atoms with E-state index in [1.165, 1.54) is 43.3 Å². The molecule has 1 N–H and O–H groups in total. The van der Waals surface area contributed by atoms with Crippen molar-refractivity contribution in [1.82, 2.24) is 10.2 Å². The molecule has 5 aromatic carbocycles. The van der Waals surface area contributed by atoms with Gasteiger partial charge in [-0.3, -0.25) is 28.3 Å². The Morgan fingerprint density at radius 3 is 1.92 bits per heavy atom. The molecule has 79 heavy (non-hydrogen) atoms. The van der Waals surface area contributed by atoms with Gasteiger partial charge in [-0.15, -0.1) is 0 Å². The number of esters is 1. The van der Waals surface area contributed by atoms with Crippen molar-refractivity contribution in [3.05, 3.63) is 173 Å². The van der Waals surface area contributed by atoms with E-state index < -0.39 is 95.9 Å². The first-order valence-corrected chi connectivity index (χ1v) is 28.1. The number of alkyl carbamates (subject to hydrolysis) is 1. The molecule has 1 fully saturated rings. The Bertz CT molecular complexity index is 2970. The average Bonchev–Trinajstić information content (AvgIpc) is 4.12. The molecule has 3 unspecified atom stereocenters.